The minimum Gasteiger partial charge on any atom is -0.309 e. The van der Waals surface area contributed by atoms with Gasteiger partial charge in [-0.15, -0.1) is 0 Å². The molecule has 0 N–H and O–H groups in total. The molecule has 21 aromatic rings. The number of hydrogen-bond acceptors (Lipinski definition) is 0. The third kappa shape index (κ3) is 11.7. The van der Waals surface area contributed by atoms with Gasteiger partial charge in [0.2, 0.25) is 0 Å². The molecule has 120 heavy (non-hydrogen) atoms. The molecule has 576 valence electrons. The highest BCUT2D eigenvalue weighted by Crippen LogP contribution is 2.56. The maximum Gasteiger partial charge on any atom is 0.0547 e. The average Bonchev–Trinajstić information content (AvgIpc) is 1.64. The lowest BCUT2D eigenvalue weighted by Crippen LogP contribution is -2.15. The van der Waals surface area contributed by atoms with Gasteiger partial charge in [-0.05, 0) is 245 Å². The van der Waals surface area contributed by atoms with Crippen molar-refractivity contribution in [3.05, 3.63) is 438 Å². The van der Waals surface area contributed by atoms with Crippen molar-refractivity contribution in [3.63, 3.8) is 0 Å². The van der Waals surface area contributed by atoms with Gasteiger partial charge in [0.15, 0.2) is 0 Å². The van der Waals surface area contributed by atoms with Crippen molar-refractivity contribution in [1.82, 2.24) is 13.7 Å². The van der Waals surface area contributed by atoms with Gasteiger partial charge < -0.3 is 13.7 Å². The summed E-state index contributed by atoms with van der Waals surface area (Å²) in [6, 6.07) is 139. The zero-order valence-electron chi connectivity index (χ0n) is 69.7. The van der Waals surface area contributed by atoms with Crippen LogP contribution in [0.4, 0.5) is 0 Å². The van der Waals surface area contributed by atoms with E-state index in [4.69, 9.17) is 0 Å². The minimum atomic E-state index is 0.00283. The van der Waals surface area contributed by atoms with Crippen molar-refractivity contribution < 1.29 is 0 Å². The topological polar surface area (TPSA) is 14.8 Å². The second-order valence-corrected chi connectivity index (χ2v) is 34.8. The van der Waals surface area contributed by atoms with Crippen LogP contribution in [0, 0.1) is 27.7 Å². The van der Waals surface area contributed by atoms with Gasteiger partial charge in [0.1, 0.15) is 0 Å². The van der Waals surface area contributed by atoms with Gasteiger partial charge in [0, 0.05) is 65.6 Å². The summed E-state index contributed by atoms with van der Waals surface area (Å²) in [6.45, 7) is 23.0. The molecule has 0 saturated heterocycles. The fourth-order valence-corrected chi connectivity index (χ4v) is 20.8. The van der Waals surface area contributed by atoms with Gasteiger partial charge in [-0.2, -0.15) is 0 Å². The summed E-state index contributed by atoms with van der Waals surface area (Å²) in [5.74, 6) is 0. The van der Waals surface area contributed by atoms with Gasteiger partial charge in [0.25, 0.3) is 0 Å². The normalized spacial score (nSPS) is 13.4. The number of hydrogen-bond donors (Lipinski definition) is 0. The number of nitrogens with zero attached hydrogens (tertiary/aromatic N) is 3. The zero-order chi connectivity index (χ0) is 81.5. The summed E-state index contributed by atoms with van der Waals surface area (Å²) in [4.78, 5) is 0. The van der Waals surface area contributed by atoms with Crippen molar-refractivity contribution in [3.8, 4) is 83.8 Å². The zero-order valence-corrected chi connectivity index (χ0v) is 69.7. The molecule has 24 rings (SSSR count). The molecule has 18 aromatic carbocycles. The van der Waals surface area contributed by atoms with Crippen LogP contribution >= 0.6 is 0 Å². The lowest BCUT2D eigenvalue weighted by molar-refractivity contribution is 0.660. The highest BCUT2D eigenvalue weighted by Gasteiger charge is 2.40. The Labute approximate surface area is 703 Å². The average molecular weight is 1540 g/mol. The fraction of sp³-hybridized carbons (Fsp3) is 0.111. The second kappa shape index (κ2) is 28.6. The summed E-state index contributed by atoms with van der Waals surface area (Å²) in [5, 5.41) is 13.2. The Balaban J connectivity index is 0.0000000991. The number of para-hydroxylation sites is 6. The smallest absolute Gasteiger partial charge is 0.0547 e. The second-order valence-electron chi connectivity index (χ2n) is 34.8. The Kier molecular flexibility index (Phi) is 17.5. The Morgan fingerprint density at radius 3 is 1.08 bits per heavy atom. The predicted molar refractivity (Wildman–Crippen MR) is 512 cm³/mol. The van der Waals surface area contributed by atoms with Crippen molar-refractivity contribution in [1.29, 1.82) is 0 Å². The number of benzene rings is 18. The molecule has 0 bridgehead atoms. The lowest BCUT2D eigenvalue weighted by atomic mass is 9.82. The highest BCUT2D eigenvalue weighted by atomic mass is 15.0. The number of aryl methyl sites for hydroxylation is 4. The van der Waals surface area contributed by atoms with E-state index < -0.39 is 0 Å². The van der Waals surface area contributed by atoms with Crippen LogP contribution in [0.5, 0.6) is 0 Å². The van der Waals surface area contributed by atoms with Crippen LogP contribution in [0.2, 0.25) is 0 Å². The molecule has 3 aliphatic carbocycles. The number of rotatable bonds is 6. The van der Waals surface area contributed by atoms with Crippen LogP contribution in [-0.4, -0.2) is 13.7 Å². The number of aromatic nitrogens is 3. The maximum absolute atomic E-state index is 2.45. The van der Waals surface area contributed by atoms with E-state index in [1.807, 2.05) is 0 Å². The standard InChI is InChI=1S/C33H24.3C28H23N/c1-23-15-17-26(18-16-23)32-28-11-5-7-13-30(28)33(31-14-8-6-12-29(31)32)27-21-19-25(20-22-27)24-9-3-2-4-10-24;1-18-26-20-13-7-9-15-22(20)28(2,3)23(26)17-25-27(18)21-14-8-10-16-24(21)29(25)19-11-5-4-6-12-19;1-18-10-9-14-23-27(18)22-16-21-20-13-7-8-15-25(20)29(19-11-5-4-6-12-19)26(21)17-24(22)28(23,2)3;1-18-13-14-24-21(15-18)22-16-23-20-11-7-8-12-26(20)29(19-9-5-4-6-10-19)27(23)17-25(22)28(24,2)3/h2-22H,1H3;3*4-17H,1-3H3. The summed E-state index contributed by atoms with van der Waals surface area (Å²) in [7, 11) is 0. The third-order valence-corrected chi connectivity index (χ3v) is 26.7. The van der Waals surface area contributed by atoms with Crippen LogP contribution in [0.1, 0.15) is 97.2 Å². The molecule has 3 aromatic heterocycles. The quantitative estimate of drug-likeness (QED) is 0.147. The predicted octanol–water partition coefficient (Wildman–Crippen LogP) is 31.5. The summed E-state index contributed by atoms with van der Waals surface area (Å²) in [5.41, 5.74) is 41.3. The molecule has 3 heteroatoms. The molecular weight excluding hydrogens is 1450 g/mol. The van der Waals surface area contributed by atoms with Crippen molar-refractivity contribution in [2.75, 3.05) is 0 Å². The van der Waals surface area contributed by atoms with Crippen LogP contribution < -0.4 is 0 Å². The minimum absolute atomic E-state index is 0.00283. The van der Waals surface area contributed by atoms with Crippen molar-refractivity contribution in [2.45, 2.75) is 85.5 Å². The maximum atomic E-state index is 2.45. The van der Waals surface area contributed by atoms with Gasteiger partial charge in [-0.25, -0.2) is 0 Å². The van der Waals surface area contributed by atoms with Crippen LogP contribution in [-0.2, 0) is 16.2 Å². The Morgan fingerprint density at radius 2 is 0.550 bits per heavy atom. The van der Waals surface area contributed by atoms with Crippen LogP contribution in [0.15, 0.2) is 382 Å². The molecule has 3 aliphatic rings. The molecule has 0 fully saturated rings. The van der Waals surface area contributed by atoms with Gasteiger partial charge in [-0.1, -0.05) is 350 Å². The Bertz CT molecular complexity index is 7600. The van der Waals surface area contributed by atoms with E-state index in [2.05, 4.69) is 465 Å². The van der Waals surface area contributed by atoms with Crippen LogP contribution in [0.25, 0.3) is 171 Å². The Hall–Kier alpha value is -14.1. The van der Waals surface area contributed by atoms with E-state index in [1.165, 1.54) is 226 Å². The Morgan fingerprint density at radius 1 is 0.192 bits per heavy atom. The van der Waals surface area contributed by atoms with Gasteiger partial charge in [0.05, 0.1) is 33.1 Å². The largest absolute Gasteiger partial charge is 0.309 e. The summed E-state index contributed by atoms with van der Waals surface area (Å²) in [6.07, 6.45) is 0. The first-order valence-corrected chi connectivity index (χ1v) is 42.4. The molecule has 0 atom stereocenters. The molecular formula is C117H93N3. The van der Waals surface area contributed by atoms with E-state index >= 15 is 0 Å². The molecule has 0 aliphatic heterocycles. The van der Waals surface area contributed by atoms with Crippen LogP contribution in [0.3, 0.4) is 0 Å². The molecule has 3 heterocycles. The number of fused-ring (bicyclic) bond motifs is 20. The van der Waals surface area contributed by atoms with E-state index in [0.717, 1.165) is 0 Å². The monoisotopic (exact) mass is 1540 g/mol. The third-order valence-electron chi connectivity index (χ3n) is 26.7. The lowest BCUT2D eigenvalue weighted by Gasteiger charge is -2.22. The molecule has 0 unspecified atom stereocenters. The fourth-order valence-electron chi connectivity index (χ4n) is 20.8. The van der Waals surface area contributed by atoms with Crippen molar-refractivity contribution >= 4 is 87.0 Å². The highest BCUT2D eigenvalue weighted by molar-refractivity contribution is 6.22. The molecule has 0 radical (unpaired) electrons. The van der Waals surface area contributed by atoms with E-state index in [-0.39, 0.29) is 16.2 Å². The molecule has 3 nitrogen and oxygen atoms in total. The van der Waals surface area contributed by atoms with Crippen molar-refractivity contribution in [2.24, 2.45) is 0 Å². The van der Waals surface area contributed by atoms with Gasteiger partial charge >= 0.3 is 0 Å². The molecule has 0 spiro atoms. The first kappa shape index (κ1) is 73.5. The summed E-state index contributed by atoms with van der Waals surface area (Å²) < 4.78 is 7.25. The molecule has 0 saturated carbocycles. The SMILES string of the molecule is Cc1c2c(cc3c1c1ccccc1n3-c1ccccc1)C(C)(C)c1ccccc1-2.Cc1ccc(-c2c3ccccc3c(-c3ccc(-c4ccccc4)cc3)c3ccccc23)cc1.Cc1ccc2c(c1)-c1cc3c4ccccc4n(-c4ccccc4)c3cc1C2(C)C.Cc1cccc2c1-c1cc3c4ccccc4n(-c4ccccc4)c3cc1C2(C)C. The summed E-state index contributed by atoms with van der Waals surface area (Å²) >= 11 is 0. The molecule has 0 amide bonds. The first-order valence-electron chi connectivity index (χ1n) is 42.4. The van der Waals surface area contributed by atoms with E-state index in [1.54, 1.807) is 0 Å². The van der Waals surface area contributed by atoms with Gasteiger partial charge in [-0.3, -0.25) is 0 Å². The first-order chi connectivity index (χ1) is 58.5. The van der Waals surface area contributed by atoms with E-state index in [0.29, 0.717) is 0 Å². The van der Waals surface area contributed by atoms with E-state index in [9.17, 15) is 0 Å².